The van der Waals surface area contributed by atoms with Crippen molar-refractivity contribution in [2.45, 2.75) is 45.6 Å². The van der Waals surface area contributed by atoms with Crippen molar-refractivity contribution in [3.05, 3.63) is 59.7 Å². The lowest BCUT2D eigenvalue weighted by atomic mass is 9.99. The monoisotopic (exact) mass is 283 g/mol. The first-order chi connectivity index (χ1) is 10.1. The third kappa shape index (κ3) is 4.08. The summed E-state index contributed by atoms with van der Waals surface area (Å²) in [7, 11) is 0. The van der Waals surface area contributed by atoms with Gasteiger partial charge in [-0.3, -0.25) is 0 Å². The molecule has 0 aromatic heterocycles. The minimum atomic E-state index is 0.105. The molecule has 21 heavy (non-hydrogen) atoms. The zero-order valence-electron chi connectivity index (χ0n) is 13.2. The van der Waals surface area contributed by atoms with Crippen LogP contribution in [-0.2, 0) is 0 Å². The quantitative estimate of drug-likeness (QED) is 0.770. The molecule has 0 radical (unpaired) electrons. The topological polar surface area (TPSA) is 35.2 Å². The van der Waals surface area contributed by atoms with E-state index in [0.717, 1.165) is 29.9 Å². The fourth-order valence-corrected chi connectivity index (χ4v) is 2.25. The Morgan fingerprint density at radius 2 is 1.29 bits per heavy atom. The van der Waals surface area contributed by atoms with Crippen LogP contribution in [-0.4, -0.2) is 0 Å². The van der Waals surface area contributed by atoms with Gasteiger partial charge in [0.25, 0.3) is 0 Å². The molecule has 0 heterocycles. The molecule has 2 N–H and O–H groups in total. The van der Waals surface area contributed by atoms with Crippen LogP contribution in [0.15, 0.2) is 48.5 Å². The summed E-state index contributed by atoms with van der Waals surface area (Å²) in [6.07, 6.45) is 2.09. The van der Waals surface area contributed by atoms with Gasteiger partial charge in [0.15, 0.2) is 0 Å². The van der Waals surface area contributed by atoms with Crippen LogP contribution in [0, 0.1) is 0 Å². The Morgan fingerprint density at radius 1 is 0.810 bits per heavy atom. The molecule has 2 aromatic carbocycles. The highest BCUT2D eigenvalue weighted by molar-refractivity contribution is 5.35. The molecule has 0 spiro atoms. The van der Waals surface area contributed by atoms with Crippen LogP contribution in [0.1, 0.15) is 56.7 Å². The summed E-state index contributed by atoms with van der Waals surface area (Å²) in [5.74, 6) is 2.31. The molecule has 2 rings (SSSR count). The maximum atomic E-state index is 6.01. The van der Waals surface area contributed by atoms with Crippen molar-refractivity contribution in [2.24, 2.45) is 5.73 Å². The molecule has 0 fully saturated rings. The summed E-state index contributed by atoms with van der Waals surface area (Å²) in [6, 6.07) is 16.5. The van der Waals surface area contributed by atoms with Crippen LogP contribution in [0.2, 0.25) is 0 Å². The van der Waals surface area contributed by atoms with Crippen molar-refractivity contribution in [1.82, 2.24) is 0 Å². The summed E-state index contributed by atoms with van der Waals surface area (Å²) >= 11 is 0. The van der Waals surface area contributed by atoms with E-state index in [-0.39, 0.29) is 6.04 Å². The first kappa shape index (κ1) is 15.6. The van der Waals surface area contributed by atoms with E-state index in [2.05, 4.69) is 32.9 Å². The summed E-state index contributed by atoms with van der Waals surface area (Å²) in [6.45, 7) is 6.54. The van der Waals surface area contributed by atoms with E-state index in [0.29, 0.717) is 5.92 Å². The molecule has 0 aliphatic carbocycles. The number of benzene rings is 2. The minimum absolute atomic E-state index is 0.105. The molecule has 112 valence electrons. The third-order valence-electron chi connectivity index (χ3n) is 4.05. The van der Waals surface area contributed by atoms with E-state index >= 15 is 0 Å². The van der Waals surface area contributed by atoms with E-state index < -0.39 is 0 Å². The van der Waals surface area contributed by atoms with Crippen LogP contribution in [0.5, 0.6) is 11.5 Å². The maximum absolute atomic E-state index is 6.01. The van der Waals surface area contributed by atoms with Crippen LogP contribution in [0.25, 0.3) is 0 Å². The number of hydrogen-bond acceptors (Lipinski definition) is 2. The van der Waals surface area contributed by atoms with Crippen molar-refractivity contribution >= 4 is 0 Å². The van der Waals surface area contributed by atoms with Crippen molar-refractivity contribution in [2.75, 3.05) is 0 Å². The van der Waals surface area contributed by atoms with E-state index in [4.69, 9.17) is 10.5 Å². The lowest BCUT2D eigenvalue weighted by Crippen LogP contribution is -2.07. The highest BCUT2D eigenvalue weighted by Crippen LogP contribution is 2.26. The predicted octanol–water partition coefficient (Wildman–Crippen LogP) is 5.40. The van der Waals surface area contributed by atoms with Crippen molar-refractivity contribution in [1.29, 1.82) is 0 Å². The van der Waals surface area contributed by atoms with Gasteiger partial charge < -0.3 is 10.5 Å². The number of rotatable bonds is 6. The maximum Gasteiger partial charge on any atom is 0.127 e. The molecular weight excluding hydrogens is 258 g/mol. The first-order valence-corrected chi connectivity index (χ1v) is 7.77. The molecule has 0 amide bonds. The number of hydrogen-bond donors (Lipinski definition) is 1. The molecule has 0 bridgehead atoms. The van der Waals surface area contributed by atoms with Gasteiger partial charge in [0, 0.05) is 6.04 Å². The Labute approximate surface area is 127 Å². The van der Waals surface area contributed by atoms with Gasteiger partial charge in [-0.1, -0.05) is 45.0 Å². The molecule has 0 aliphatic rings. The highest BCUT2D eigenvalue weighted by atomic mass is 16.5. The van der Waals surface area contributed by atoms with Gasteiger partial charge in [-0.2, -0.15) is 0 Å². The molecule has 0 saturated heterocycles. The predicted molar refractivity (Wildman–Crippen MR) is 88.9 cm³/mol. The molecule has 2 aromatic rings. The van der Waals surface area contributed by atoms with Gasteiger partial charge in [-0.15, -0.1) is 0 Å². The zero-order valence-corrected chi connectivity index (χ0v) is 13.2. The molecular formula is C19H25NO. The Bertz CT molecular complexity index is 493. The average molecular weight is 283 g/mol. The van der Waals surface area contributed by atoms with Gasteiger partial charge in [0.2, 0.25) is 0 Å². The smallest absolute Gasteiger partial charge is 0.127 e. The third-order valence-corrected chi connectivity index (χ3v) is 4.05. The normalized spacial score (nSPS) is 13.7. The van der Waals surface area contributed by atoms with E-state index in [9.17, 15) is 0 Å². The van der Waals surface area contributed by atoms with E-state index in [1.54, 1.807) is 0 Å². The van der Waals surface area contributed by atoms with Crippen LogP contribution in [0.3, 0.4) is 0 Å². The molecule has 0 aliphatic heterocycles. The zero-order chi connectivity index (χ0) is 15.2. The lowest BCUT2D eigenvalue weighted by Gasteiger charge is -2.12. The largest absolute Gasteiger partial charge is 0.457 e. The van der Waals surface area contributed by atoms with Gasteiger partial charge in [0.1, 0.15) is 11.5 Å². The molecule has 2 nitrogen and oxygen atoms in total. The molecule has 2 atom stereocenters. The van der Waals surface area contributed by atoms with Gasteiger partial charge >= 0.3 is 0 Å². The first-order valence-electron chi connectivity index (χ1n) is 7.77. The fourth-order valence-electron chi connectivity index (χ4n) is 2.25. The van der Waals surface area contributed by atoms with Crippen LogP contribution < -0.4 is 10.5 Å². The van der Waals surface area contributed by atoms with E-state index in [1.165, 1.54) is 5.56 Å². The summed E-state index contributed by atoms with van der Waals surface area (Å²) in [5.41, 5.74) is 8.52. The summed E-state index contributed by atoms with van der Waals surface area (Å²) < 4.78 is 5.87. The second-order valence-electron chi connectivity index (χ2n) is 5.56. The minimum Gasteiger partial charge on any atom is -0.457 e. The Hall–Kier alpha value is -1.80. The Balaban J connectivity index is 2.04. The second-order valence-corrected chi connectivity index (χ2v) is 5.56. The fraction of sp³-hybridized carbons (Fsp3) is 0.368. The number of ether oxygens (including phenoxy) is 1. The Morgan fingerprint density at radius 3 is 1.71 bits per heavy atom. The van der Waals surface area contributed by atoms with Crippen molar-refractivity contribution in [3.8, 4) is 11.5 Å². The molecule has 2 heteroatoms. The average Bonchev–Trinajstić information content (AvgIpc) is 2.55. The standard InChI is InChI=1S/C19H25NO/c1-4-14(3)15-6-10-17(11-7-15)21-18-12-8-16(9-13-18)19(20)5-2/h6-14,19H,4-5,20H2,1-3H3/t14?,19-/m0/s1. The molecule has 0 saturated carbocycles. The van der Waals surface area contributed by atoms with Gasteiger partial charge in [0.05, 0.1) is 0 Å². The molecule has 1 unspecified atom stereocenters. The van der Waals surface area contributed by atoms with Gasteiger partial charge in [-0.05, 0) is 54.2 Å². The highest BCUT2D eigenvalue weighted by Gasteiger charge is 2.05. The number of nitrogens with two attached hydrogens (primary N) is 1. The van der Waals surface area contributed by atoms with Gasteiger partial charge in [-0.25, -0.2) is 0 Å². The van der Waals surface area contributed by atoms with Crippen molar-refractivity contribution in [3.63, 3.8) is 0 Å². The lowest BCUT2D eigenvalue weighted by molar-refractivity contribution is 0.481. The SMILES string of the molecule is CCC(C)c1ccc(Oc2ccc([C@@H](N)CC)cc2)cc1. The van der Waals surface area contributed by atoms with E-state index in [1.807, 2.05) is 36.4 Å². The summed E-state index contributed by atoms with van der Waals surface area (Å²) in [4.78, 5) is 0. The van der Waals surface area contributed by atoms with Crippen molar-refractivity contribution < 1.29 is 4.74 Å². The Kier molecular flexibility index (Phi) is 5.40. The second kappa shape index (κ2) is 7.28. The van der Waals surface area contributed by atoms with Crippen LogP contribution in [0.4, 0.5) is 0 Å². The van der Waals surface area contributed by atoms with Crippen LogP contribution >= 0.6 is 0 Å². The summed E-state index contributed by atoms with van der Waals surface area (Å²) in [5, 5.41) is 0.